The Hall–Kier alpha value is -2.96. The first-order chi connectivity index (χ1) is 24.0. The number of thiazole rings is 1. The summed E-state index contributed by atoms with van der Waals surface area (Å²) >= 11 is 1.75. The number of hydrogen-bond acceptors (Lipinski definition) is 5. The first-order valence-corrected chi connectivity index (χ1v) is 23.3. The molecule has 0 aliphatic heterocycles. The molecule has 0 unspecified atom stereocenters. The van der Waals surface area contributed by atoms with E-state index in [2.05, 4.69) is 103 Å². The van der Waals surface area contributed by atoms with Gasteiger partial charge < -0.3 is 5.11 Å². The molecule has 2 heterocycles. The fourth-order valence-electron chi connectivity index (χ4n) is 7.02. The van der Waals surface area contributed by atoms with Crippen LogP contribution >= 0.6 is 11.3 Å². The Balaban J connectivity index is 0.000000389. The van der Waals surface area contributed by atoms with Gasteiger partial charge in [0.25, 0.3) is 0 Å². The fourth-order valence-corrected chi connectivity index (χ4v) is 9.68. The second kappa shape index (κ2) is 18.4. The van der Waals surface area contributed by atoms with Crippen LogP contribution in [0.2, 0.25) is 19.6 Å². The summed E-state index contributed by atoms with van der Waals surface area (Å²) in [6.07, 6.45) is 6.79. The number of carbonyl (C=O) groups is 1. The Bertz CT molecular complexity index is 1990. The van der Waals surface area contributed by atoms with Gasteiger partial charge in [-0.05, 0) is 68.2 Å². The van der Waals surface area contributed by atoms with E-state index in [0.29, 0.717) is 0 Å². The number of aromatic nitrogens is 2. The number of carbonyl (C=O) groups excluding carboxylic acids is 1. The van der Waals surface area contributed by atoms with Gasteiger partial charge in [0.1, 0.15) is 5.01 Å². The van der Waals surface area contributed by atoms with Crippen LogP contribution in [0, 0.1) is 31.7 Å². The van der Waals surface area contributed by atoms with Gasteiger partial charge in [0, 0.05) is 68.2 Å². The minimum atomic E-state index is -1.17. The smallest absolute Gasteiger partial charge is 0.162 e. The average molecular weight is 912 g/mol. The molecule has 0 bridgehead atoms. The summed E-state index contributed by atoms with van der Waals surface area (Å²) in [6, 6.07) is 22.5. The van der Waals surface area contributed by atoms with E-state index in [4.69, 9.17) is 9.97 Å². The monoisotopic (exact) mass is 912 g/mol. The molecule has 0 atom stereocenters. The van der Waals surface area contributed by atoms with Crippen LogP contribution in [0.3, 0.4) is 0 Å². The van der Waals surface area contributed by atoms with Gasteiger partial charge in [-0.3, -0.25) is 9.78 Å². The van der Waals surface area contributed by atoms with E-state index in [0.717, 1.165) is 57.6 Å². The Morgan fingerprint density at radius 2 is 1.52 bits per heavy atom. The zero-order valence-electron chi connectivity index (χ0n) is 33.5. The van der Waals surface area contributed by atoms with Crippen LogP contribution in [-0.4, -0.2) is 28.9 Å². The maximum Gasteiger partial charge on any atom is 0.162 e. The molecule has 1 radical (unpaired) electrons. The number of aryl methyl sites for hydroxylation is 2. The first kappa shape index (κ1) is 43.4. The number of rotatable bonds is 11. The molecule has 0 spiro atoms. The second-order valence-corrected chi connectivity index (χ2v) is 22.7. The fraction of sp³-hybridized carbons (Fsp3) is 0.444. The van der Waals surface area contributed by atoms with Crippen LogP contribution in [0.25, 0.3) is 42.8 Å². The number of aliphatic hydroxyl groups excluding tert-OH is 1. The average Bonchev–Trinajstić information content (AvgIpc) is 3.48. The largest absolute Gasteiger partial charge is 0.512 e. The maximum atomic E-state index is 11.7. The summed E-state index contributed by atoms with van der Waals surface area (Å²) in [5.41, 5.74) is 9.69. The molecule has 281 valence electrons. The predicted octanol–water partition coefficient (Wildman–Crippen LogP) is 13.2. The molecule has 1 N–H and O–H groups in total. The number of hydrogen-bond donors (Lipinski definition) is 1. The summed E-state index contributed by atoms with van der Waals surface area (Å²) in [5.74, 6) is 0.547. The van der Waals surface area contributed by atoms with Gasteiger partial charge in [0.15, 0.2) is 5.78 Å². The molecule has 0 saturated carbocycles. The van der Waals surface area contributed by atoms with Crippen LogP contribution in [0.1, 0.15) is 96.4 Å². The molecule has 0 fully saturated rings. The molecule has 0 saturated heterocycles. The first-order valence-electron chi connectivity index (χ1n) is 18.8. The standard InChI is InChI=1S/C32H35N2SSi.C13H24O2.Ir/c1-20-15-22(19-36(6,7)8)16-21(2)28(20)31-34-27-13-14-33-29(30(27)35-31)24-17-23-11-9-10-12-25(23)26(18-24)32(3,4)5;1-5-10(6-2)12(14)9-13(15)11(7-3)8-4;/h9-16,18H,19H2,1-8H3;9-11,14H,5-8H2,1-4H3;/q-1;;/b;12-9-;. The molecule has 0 amide bonds. The van der Waals surface area contributed by atoms with Gasteiger partial charge in [-0.1, -0.05) is 115 Å². The minimum Gasteiger partial charge on any atom is -0.512 e. The number of ketones is 1. The van der Waals surface area contributed by atoms with Crippen molar-refractivity contribution in [1.82, 2.24) is 9.97 Å². The number of nitrogens with zero attached hydrogens (tertiary/aromatic N) is 2. The molecule has 3 aromatic carbocycles. The Morgan fingerprint density at radius 1 is 0.923 bits per heavy atom. The third-order valence-electron chi connectivity index (χ3n) is 9.77. The molecule has 5 aromatic rings. The van der Waals surface area contributed by atoms with Crippen LogP contribution in [0.5, 0.6) is 0 Å². The zero-order valence-corrected chi connectivity index (χ0v) is 37.7. The van der Waals surface area contributed by atoms with Crippen molar-refractivity contribution in [2.24, 2.45) is 11.8 Å². The Kier molecular flexibility index (Phi) is 15.4. The van der Waals surface area contributed by atoms with Crippen molar-refractivity contribution in [1.29, 1.82) is 0 Å². The third-order valence-corrected chi connectivity index (χ3v) is 12.3. The normalized spacial score (nSPS) is 12.3. The van der Waals surface area contributed by atoms with Crippen molar-refractivity contribution in [2.75, 3.05) is 0 Å². The van der Waals surface area contributed by atoms with E-state index in [-0.39, 0.29) is 48.9 Å². The molecule has 5 rings (SSSR count). The molecule has 52 heavy (non-hydrogen) atoms. The summed E-state index contributed by atoms with van der Waals surface area (Å²) in [7, 11) is -1.17. The number of aliphatic hydroxyl groups is 1. The van der Waals surface area contributed by atoms with Gasteiger partial charge in [0.05, 0.1) is 11.3 Å². The van der Waals surface area contributed by atoms with E-state index in [1.165, 1.54) is 45.3 Å². The zero-order chi connectivity index (χ0) is 37.7. The maximum absolute atomic E-state index is 11.7. The van der Waals surface area contributed by atoms with E-state index in [1.54, 1.807) is 11.3 Å². The Labute approximate surface area is 332 Å². The molecular formula is C45H59IrN2O2SSi-. The molecule has 0 aliphatic carbocycles. The summed E-state index contributed by atoms with van der Waals surface area (Å²) in [6.45, 7) is 26.6. The number of pyridine rings is 1. The quantitative estimate of drug-likeness (QED) is 0.0621. The van der Waals surface area contributed by atoms with Crippen LogP contribution in [0.15, 0.2) is 66.6 Å². The van der Waals surface area contributed by atoms with Gasteiger partial charge in [-0.15, -0.1) is 40.5 Å². The SMILES string of the molecule is CCC(CC)C(=O)/C=C(\O)C(CC)CC.Cc1cc(C[Si](C)(C)C)cc(C)c1-c1nc2ccnc(-c3[c-]c4ccccc4c(C(C)(C)C)c3)c2s1.[Ir]. The predicted molar refractivity (Wildman–Crippen MR) is 224 cm³/mol. The number of benzene rings is 3. The van der Waals surface area contributed by atoms with Crippen molar-refractivity contribution in [3.8, 4) is 21.8 Å². The van der Waals surface area contributed by atoms with E-state index in [1.807, 2.05) is 40.0 Å². The van der Waals surface area contributed by atoms with E-state index >= 15 is 0 Å². The van der Waals surface area contributed by atoms with Gasteiger partial charge in [-0.25, -0.2) is 4.98 Å². The van der Waals surface area contributed by atoms with Crippen molar-refractivity contribution in [3.63, 3.8) is 0 Å². The van der Waals surface area contributed by atoms with E-state index in [9.17, 15) is 9.90 Å². The van der Waals surface area contributed by atoms with Crippen LogP contribution < -0.4 is 0 Å². The summed E-state index contributed by atoms with van der Waals surface area (Å²) in [4.78, 5) is 21.7. The van der Waals surface area contributed by atoms with Crippen molar-refractivity contribution in [3.05, 3.63) is 94.9 Å². The Morgan fingerprint density at radius 3 is 2.08 bits per heavy atom. The van der Waals surface area contributed by atoms with E-state index < -0.39 is 8.07 Å². The molecule has 4 nitrogen and oxygen atoms in total. The van der Waals surface area contributed by atoms with Crippen molar-refractivity contribution < 1.29 is 30.0 Å². The summed E-state index contributed by atoms with van der Waals surface area (Å²) in [5, 5.41) is 13.2. The number of allylic oxidation sites excluding steroid dienone is 2. The molecule has 0 aliphatic rings. The molecule has 7 heteroatoms. The molecule has 2 aromatic heterocycles. The van der Waals surface area contributed by atoms with Crippen LogP contribution in [0.4, 0.5) is 0 Å². The van der Waals surface area contributed by atoms with Gasteiger partial charge in [0.2, 0.25) is 0 Å². The second-order valence-electron chi connectivity index (χ2n) is 16.3. The topological polar surface area (TPSA) is 63.1 Å². The van der Waals surface area contributed by atoms with Crippen LogP contribution in [-0.2, 0) is 36.4 Å². The minimum absolute atomic E-state index is 0. The molecular weight excluding hydrogens is 853 g/mol. The van der Waals surface area contributed by atoms with Gasteiger partial charge >= 0.3 is 0 Å². The van der Waals surface area contributed by atoms with Gasteiger partial charge in [-0.2, -0.15) is 0 Å². The third kappa shape index (κ3) is 10.6. The van der Waals surface area contributed by atoms with Crippen molar-refractivity contribution >= 4 is 46.2 Å². The van der Waals surface area contributed by atoms with Crippen molar-refractivity contribution in [2.45, 2.75) is 119 Å². The number of fused-ring (bicyclic) bond motifs is 2. The summed E-state index contributed by atoms with van der Waals surface area (Å²) < 4.78 is 1.13.